The van der Waals surface area contributed by atoms with Crippen LogP contribution in [-0.2, 0) is 0 Å². The van der Waals surface area contributed by atoms with Crippen LogP contribution < -0.4 is 5.32 Å². The fraction of sp³-hybridized carbons (Fsp3) is 0.600. The van der Waals surface area contributed by atoms with Crippen molar-refractivity contribution in [2.24, 2.45) is 5.92 Å². The van der Waals surface area contributed by atoms with Gasteiger partial charge >= 0.3 is 0 Å². The minimum absolute atomic E-state index is 0.352. The van der Waals surface area contributed by atoms with Crippen molar-refractivity contribution in [1.29, 1.82) is 0 Å². The average Bonchev–Trinajstić information content (AvgIpc) is 2.82. The van der Waals surface area contributed by atoms with Crippen molar-refractivity contribution in [1.82, 2.24) is 5.32 Å². The molecule has 0 bridgehead atoms. The average molecular weight is 252 g/mol. The molecule has 1 aliphatic carbocycles. The Labute approximate surface area is 110 Å². The molecule has 0 aromatic heterocycles. The molecule has 0 radical (unpaired) electrons. The van der Waals surface area contributed by atoms with E-state index in [2.05, 4.69) is 24.4 Å². The van der Waals surface area contributed by atoms with Crippen LogP contribution >= 0.6 is 11.6 Å². The quantitative estimate of drug-likeness (QED) is 0.808. The first kappa shape index (κ1) is 12.9. The molecule has 2 heteroatoms. The lowest BCUT2D eigenvalue weighted by Gasteiger charge is -2.17. The SMILES string of the molecule is C[C@@H](NCCC1CCCC1)c1ccccc1Cl. The van der Waals surface area contributed by atoms with E-state index in [-0.39, 0.29) is 0 Å². The van der Waals surface area contributed by atoms with Gasteiger partial charge < -0.3 is 5.32 Å². The van der Waals surface area contributed by atoms with Crippen LogP contribution in [0.4, 0.5) is 0 Å². The molecule has 94 valence electrons. The summed E-state index contributed by atoms with van der Waals surface area (Å²) in [4.78, 5) is 0. The van der Waals surface area contributed by atoms with Crippen LogP contribution in [-0.4, -0.2) is 6.54 Å². The van der Waals surface area contributed by atoms with E-state index in [9.17, 15) is 0 Å². The third-order valence-electron chi connectivity index (χ3n) is 3.85. The van der Waals surface area contributed by atoms with E-state index in [1.54, 1.807) is 0 Å². The highest BCUT2D eigenvalue weighted by Crippen LogP contribution is 2.27. The van der Waals surface area contributed by atoms with Gasteiger partial charge in [0.15, 0.2) is 0 Å². The highest BCUT2D eigenvalue weighted by Gasteiger charge is 2.15. The normalized spacial score (nSPS) is 18.5. The summed E-state index contributed by atoms with van der Waals surface area (Å²) in [5.41, 5.74) is 1.21. The Hall–Kier alpha value is -0.530. The van der Waals surface area contributed by atoms with E-state index in [4.69, 9.17) is 11.6 Å². The topological polar surface area (TPSA) is 12.0 Å². The standard InChI is InChI=1S/C15H22ClN/c1-12(14-8-4-5-9-15(14)16)17-11-10-13-6-2-3-7-13/h4-5,8-9,12-13,17H,2-3,6-7,10-11H2,1H3/t12-/m1/s1. The minimum atomic E-state index is 0.352. The van der Waals surface area contributed by atoms with E-state index in [0.717, 1.165) is 17.5 Å². The molecule has 0 heterocycles. The molecule has 1 saturated carbocycles. The number of nitrogens with one attached hydrogen (secondary N) is 1. The molecule has 0 saturated heterocycles. The van der Waals surface area contributed by atoms with Crippen LogP contribution in [0.5, 0.6) is 0 Å². The molecule has 1 fully saturated rings. The maximum absolute atomic E-state index is 6.19. The predicted octanol–water partition coefficient (Wildman–Crippen LogP) is 4.57. The van der Waals surface area contributed by atoms with E-state index in [0.29, 0.717) is 6.04 Å². The summed E-state index contributed by atoms with van der Waals surface area (Å²) >= 11 is 6.19. The first-order chi connectivity index (χ1) is 8.27. The van der Waals surface area contributed by atoms with Crippen LogP contribution in [0.2, 0.25) is 5.02 Å². The molecule has 1 aromatic carbocycles. The van der Waals surface area contributed by atoms with Gasteiger partial charge in [-0.05, 0) is 37.4 Å². The van der Waals surface area contributed by atoms with Gasteiger partial charge in [-0.15, -0.1) is 0 Å². The lowest BCUT2D eigenvalue weighted by molar-refractivity contribution is 0.455. The zero-order valence-corrected chi connectivity index (χ0v) is 11.3. The van der Waals surface area contributed by atoms with Gasteiger partial charge in [0.25, 0.3) is 0 Å². The monoisotopic (exact) mass is 251 g/mol. The van der Waals surface area contributed by atoms with Crippen LogP contribution in [0.1, 0.15) is 50.6 Å². The first-order valence-corrected chi connectivity index (χ1v) is 7.13. The van der Waals surface area contributed by atoms with Crippen molar-refractivity contribution in [3.05, 3.63) is 34.9 Å². The van der Waals surface area contributed by atoms with Crippen molar-refractivity contribution in [3.8, 4) is 0 Å². The molecule has 1 N–H and O–H groups in total. The van der Waals surface area contributed by atoms with E-state index in [1.807, 2.05) is 12.1 Å². The number of hydrogen-bond donors (Lipinski definition) is 1. The molecular formula is C15H22ClN. The summed E-state index contributed by atoms with van der Waals surface area (Å²) in [7, 11) is 0. The minimum Gasteiger partial charge on any atom is -0.310 e. The van der Waals surface area contributed by atoms with Crippen LogP contribution in [0.15, 0.2) is 24.3 Å². The summed E-state index contributed by atoms with van der Waals surface area (Å²) < 4.78 is 0. The summed E-state index contributed by atoms with van der Waals surface area (Å²) in [6.07, 6.45) is 7.05. The molecule has 0 spiro atoms. The molecule has 0 aliphatic heterocycles. The smallest absolute Gasteiger partial charge is 0.0453 e. The summed E-state index contributed by atoms with van der Waals surface area (Å²) in [6.45, 7) is 3.30. The molecule has 1 atom stereocenters. The Kier molecular flexibility index (Phi) is 4.87. The van der Waals surface area contributed by atoms with Crippen molar-refractivity contribution in [2.45, 2.75) is 45.1 Å². The van der Waals surface area contributed by atoms with Crippen molar-refractivity contribution in [3.63, 3.8) is 0 Å². The molecule has 1 nitrogen and oxygen atoms in total. The highest BCUT2D eigenvalue weighted by atomic mass is 35.5. The summed E-state index contributed by atoms with van der Waals surface area (Å²) in [6, 6.07) is 8.46. The predicted molar refractivity (Wildman–Crippen MR) is 74.4 cm³/mol. The summed E-state index contributed by atoms with van der Waals surface area (Å²) in [5.74, 6) is 0.959. The van der Waals surface area contributed by atoms with Crippen LogP contribution in [0.25, 0.3) is 0 Å². The van der Waals surface area contributed by atoms with Gasteiger partial charge in [-0.1, -0.05) is 55.5 Å². The molecule has 1 aliphatic rings. The second-order valence-corrected chi connectivity index (χ2v) is 5.54. The second-order valence-electron chi connectivity index (χ2n) is 5.14. The first-order valence-electron chi connectivity index (χ1n) is 6.75. The van der Waals surface area contributed by atoms with Gasteiger partial charge in [0.05, 0.1) is 0 Å². The lowest BCUT2D eigenvalue weighted by Crippen LogP contribution is -2.21. The van der Waals surface area contributed by atoms with Crippen LogP contribution in [0, 0.1) is 5.92 Å². The maximum Gasteiger partial charge on any atom is 0.0453 e. The fourth-order valence-corrected chi connectivity index (χ4v) is 3.04. The largest absolute Gasteiger partial charge is 0.310 e. The molecular weight excluding hydrogens is 230 g/mol. The number of halogens is 1. The van der Waals surface area contributed by atoms with E-state index in [1.165, 1.54) is 37.7 Å². The van der Waals surface area contributed by atoms with Gasteiger partial charge in [0, 0.05) is 11.1 Å². The van der Waals surface area contributed by atoms with E-state index < -0.39 is 0 Å². The number of hydrogen-bond acceptors (Lipinski definition) is 1. The lowest BCUT2D eigenvalue weighted by atomic mass is 10.0. The Morgan fingerprint density at radius 3 is 2.71 bits per heavy atom. The maximum atomic E-state index is 6.19. The highest BCUT2D eigenvalue weighted by molar-refractivity contribution is 6.31. The summed E-state index contributed by atoms with van der Waals surface area (Å²) in [5, 5.41) is 4.45. The Morgan fingerprint density at radius 2 is 2.00 bits per heavy atom. The van der Waals surface area contributed by atoms with Crippen molar-refractivity contribution < 1.29 is 0 Å². The van der Waals surface area contributed by atoms with Gasteiger partial charge in [0.1, 0.15) is 0 Å². The van der Waals surface area contributed by atoms with Gasteiger partial charge in [-0.25, -0.2) is 0 Å². The third-order valence-corrected chi connectivity index (χ3v) is 4.19. The van der Waals surface area contributed by atoms with E-state index >= 15 is 0 Å². The van der Waals surface area contributed by atoms with Gasteiger partial charge in [0.2, 0.25) is 0 Å². The second kappa shape index (κ2) is 6.42. The molecule has 0 amide bonds. The zero-order valence-electron chi connectivity index (χ0n) is 10.6. The van der Waals surface area contributed by atoms with Crippen molar-refractivity contribution >= 4 is 11.6 Å². The number of rotatable bonds is 5. The molecule has 2 rings (SSSR count). The molecule has 17 heavy (non-hydrogen) atoms. The van der Waals surface area contributed by atoms with Crippen LogP contribution in [0.3, 0.4) is 0 Å². The number of benzene rings is 1. The van der Waals surface area contributed by atoms with Gasteiger partial charge in [-0.2, -0.15) is 0 Å². The zero-order chi connectivity index (χ0) is 12.1. The fourth-order valence-electron chi connectivity index (χ4n) is 2.74. The van der Waals surface area contributed by atoms with Gasteiger partial charge in [-0.3, -0.25) is 0 Å². The molecule has 0 unspecified atom stereocenters. The Balaban J connectivity index is 1.77. The Morgan fingerprint density at radius 1 is 1.29 bits per heavy atom. The van der Waals surface area contributed by atoms with Crippen molar-refractivity contribution in [2.75, 3.05) is 6.54 Å². The Bertz CT molecular complexity index is 345. The third kappa shape index (κ3) is 3.72. The molecule has 1 aromatic rings.